The maximum atomic E-state index is 16.0. The standard InChI is InChI=1S/C66H36F4O12S3/c67-38-23-41-42(53(71)56(74)50(41)47(70)26-38)27-40-28-45-57(83-40)59-52(66(45,63(77)81-31-35-17-9-3-10-18-35)64(78)82-32-36-19-11-4-12-20-36)60-58(85-59)51-48(84-60)22-37(21-43-49-44(55(73)54(43)72)24-39(68)25-46(49)69)65(51,61(75)79-29-33-13-5-1-6-14-33)62(76)80-30-34-15-7-2-8-16-34/h1-28H,29-32H2/b42-27-,43-21-. The maximum absolute atomic E-state index is 16.0. The van der Waals surface area contributed by atoms with Crippen LogP contribution in [0.1, 0.15) is 80.5 Å². The molecule has 4 aliphatic carbocycles. The topological polar surface area (TPSA) is 173 Å². The first-order chi connectivity index (χ1) is 41.1. The van der Waals surface area contributed by atoms with E-state index in [1.165, 1.54) is 18.2 Å². The molecule has 13 rings (SSSR count). The van der Waals surface area contributed by atoms with Crippen molar-refractivity contribution < 1.29 is 74.9 Å². The molecule has 0 saturated carbocycles. The van der Waals surface area contributed by atoms with E-state index in [1.807, 2.05) is 0 Å². The number of Topliss-reactive ketones (excluding diaryl/α,β-unsaturated/α-hetero) is 4. The molecule has 19 heteroatoms. The Morgan fingerprint density at radius 3 is 1.39 bits per heavy atom. The van der Waals surface area contributed by atoms with Crippen LogP contribution in [0, 0.1) is 23.3 Å². The summed E-state index contributed by atoms with van der Waals surface area (Å²) in [4.78, 5) is 118. The molecular formula is C66H36F4O12S3. The lowest BCUT2D eigenvalue weighted by atomic mass is 9.76. The van der Waals surface area contributed by atoms with Gasteiger partial charge in [0.1, 0.15) is 49.7 Å². The predicted octanol–water partition coefficient (Wildman–Crippen LogP) is 12.6. The molecule has 0 aliphatic heterocycles. The first-order valence-corrected chi connectivity index (χ1v) is 28.5. The highest BCUT2D eigenvalue weighted by molar-refractivity contribution is 7.32. The molecule has 0 radical (unpaired) electrons. The summed E-state index contributed by atoms with van der Waals surface area (Å²) in [6.07, 6.45) is 3.59. The first kappa shape index (κ1) is 54.4. The summed E-state index contributed by atoms with van der Waals surface area (Å²) in [5.74, 6) is -14.4. The van der Waals surface area contributed by atoms with E-state index in [1.54, 1.807) is 121 Å². The van der Waals surface area contributed by atoms with Crippen LogP contribution in [0.5, 0.6) is 0 Å². The number of ether oxygens (including phenoxy) is 4. The second-order valence-corrected chi connectivity index (χ2v) is 23.3. The van der Waals surface area contributed by atoms with E-state index in [0.717, 1.165) is 46.2 Å². The van der Waals surface area contributed by atoms with E-state index in [4.69, 9.17) is 18.9 Å². The SMILES string of the molecule is O=C1C(=O)c2c(F)cc(F)cc2/C1=C/c1cc2c(s1)-c1sc3c4c(sc3c1C2(C(=O)OCc1ccccc1)C(=O)OCc1ccccc1)C=C(/C=C1\C(=O)C(=O)c2cc(F)cc(F)c21)C4(C(=O)OCc1ccccc1)C(=O)OCc1ccccc1. The second kappa shape index (κ2) is 21.1. The van der Waals surface area contributed by atoms with Gasteiger partial charge in [0, 0.05) is 66.4 Å². The lowest BCUT2D eigenvalue weighted by molar-refractivity contribution is -0.166. The molecule has 0 bridgehead atoms. The lowest BCUT2D eigenvalue weighted by Gasteiger charge is -2.28. The van der Waals surface area contributed by atoms with Crippen molar-refractivity contribution in [3.8, 4) is 9.75 Å². The van der Waals surface area contributed by atoms with Crippen molar-refractivity contribution in [3.05, 3.63) is 258 Å². The maximum Gasteiger partial charge on any atom is 0.333 e. The van der Waals surface area contributed by atoms with Crippen LogP contribution >= 0.6 is 34.0 Å². The zero-order chi connectivity index (χ0) is 59.1. The van der Waals surface area contributed by atoms with Crippen molar-refractivity contribution in [2.24, 2.45) is 0 Å². The van der Waals surface area contributed by atoms with E-state index < -0.39 is 117 Å². The van der Waals surface area contributed by atoms with Gasteiger partial charge < -0.3 is 18.9 Å². The number of rotatable bonds is 14. The Labute approximate surface area is 490 Å². The molecule has 85 heavy (non-hydrogen) atoms. The fraction of sp³-hybridized carbons (Fsp3) is 0.0909. The molecular weight excluding hydrogens is 1160 g/mol. The molecule has 0 spiro atoms. The number of allylic oxidation sites excluding steroid dienone is 3. The summed E-state index contributed by atoms with van der Waals surface area (Å²) in [5.41, 5.74) is -6.84. The average Bonchev–Trinajstić information content (AvgIpc) is 1.51. The van der Waals surface area contributed by atoms with E-state index >= 15 is 28.0 Å². The fourth-order valence-corrected chi connectivity index (χ4v) is 15.6. The summed E-state index contributed by atoms with van der Waals surface area (Å²) in [6.45, 7) is -1.57. The molecule has 6 aromatic carbocycles. The normalized spacial score (nSPS) is 15.8. The van der Waals surface area contributed by atoms with Crippen molar-refractivity contribution in [2.75, 3.05) is 0 Å². The van der Waals surface area contributed by atoms with E-state index in [0.29, 0.717) is 40.5 Å². The number of carbonyl (C=O) groups excluding carboxylic acids is 8. The van der Waals surface area contributed by atoms with Crippen LogP contribution < -0.4 is 0 Å². The lowest BCUT2D eigenvalue weighted by Crippen LogP contribution is -2.46. The van der Waals surface area contributed by atoms with Gasteiger partial charge in [0.15, 0.2) is 0 Å². The van der Waals surface area contributed by atoms with Crippen LogP contribution in [-0.2, 0) is 85.0 Å². The van der Waals surface area contributed by atoms with Gasteiger partial charge in [0.25, 0.3) is 0 Å². The van der Waals surface area contributed by atoms with Crippen molar-refractivity contribution >= 4 is 114 Å². The number of fused-ring (bicyclic) bond motifs is 9. The molecule has 9 aromatic rings. The summed E-state index contributed by atoms with van der Waals surface area (Å²) in [7, 11) is 0. The van der Waals surface area contributed by atoms with Crippen LogP contribution in [-0.4, -0.2) is 47.0 Å². The Balaban J connectivity index is 1.07. The predicted molar refractivity (Wildman–Crippen MR) is 306 cm³/mol. The summed E-state index contributed by atoms with van der Waals surface area (Å²) in [6, 6.07) is 37.9. The number of hydrogen-bond donors (Lipinski definition) is 0. The van der Waals surface area contributed by atoms with Crippen LogP contribution in [0.25, 0.3) is 42.5 Å². The Morgan fingerprint density at radius 2 is 0.882 bits per heavy atom. The zero-order valence-corrected chi connectivity index (χ0v) is 46.1. The van der Waals surface area contributed by atoms with Gasteiger partial charge in [-0.2, -0.15) is 0 Å². The number of hydrogen-bond acceptors (Lipinski definition) is 15. The molecule has 0 fully saturated rings. The minimum atomic E-state index is -2.77. The van der Waals surface area contributed by atoms with Gasteiger partial charge in [-0.3, -0.25) is 38.4 Å². The molecule has 0 unspecified atom stereocenters. The molecule has 418 valence electrons. The largest absolute Gasteiger partial charge is 0.459 e. The third-order valence-corrected chi connectivity index (χ3v) is 18.8. The quantitative estimate of drug-likeness (QED) is 0.0252. The monoisotopic (exact) mass is 1190 g/mol. The summed E-state index contributed by atoms with van der Waals surface area (Å²) in [5, 5.41) is 0. The van der Waals surface area contributed by atoms with Gasteiger partial charge >= 0.3 is 23.9 Å². The van der Waals surface area contributed by atoms with Gasteiger partial charge in [-0.25, -0.2) is 17.6 Å². The smallest absolute Gasteiger partial charge is 0.333 e. The van der Waals surface area contributed by atoms with Gasteiger partial charge in [-0.05, 0) is 64.3 Å². The minimum absolute atomic E-state index is 0.00193. The molecule has 3 aromatic heterocycles. The molecule has 0 amide bonds. The van der Waals surface area contributed by atoms with E-state index in [2.05, 4.69) is 0 Å². The van der Waals surface area contributed by atoms with Gasteiger partial charge in [0.05, 0.1) is 24.7 Å². The Hall–Kier alpha value is -9.82. The van der Waals surface area contributed by atoms with E-state index in [9.17, 15) is 28.0 Å². The molecule has 12 nitrogen and oxygen atoms in total. The molecule has 0 N–H and O–H groups in total. The van der Waals surface area contributed by atoms with Crippen molar-refractivity contribution in [3.63, 3.8) is 0 Å². The Kier molecular flexibility index (Phi) is 13.5. The molecule has 0 saturated heterocycles. The van der Waals surface area contributed by atoms with Crippen LogP contribution in [0.2, 0.25) is 0 Å². The minimum Gasteiger partial charge on any atom is -0.459 e. The fourth-order valence-electron chi connectivity index (χ4n) is 11.2. The highest BCUT2D eigenvalue weighted by Gasteiger charge is 2.64. The van der Waals surface area contributed by atoms with Crippen LogP contribution in [0.4, 0.5) is 17.6 Å². The third-order valence-electron chi connectivity index (χ3n) is 15.1. The summed E-state index contributed by atoms with van der Waals surface area (Å²) >= 11 is 2.79. The summed E-state index contributed by atoms with van der Waals surface area (Å²) < 4.78 is 85.6. The first-order valence-electron chi connectivity index (χ1n) is 26.0. The highest BCUT2D eigenvalue weighted by atomic mass is 32.1. The Bertz CT molecular complexity index is 4410. The zero-order valence-electron chi connectivity index (χ0n) is 43.6. The highest BCUT2D eigenvalue weighted by Crippen LogP contribution is 2.64. The molecule has 3 heterocycles. The van der Waals surface area contributed by atoms with E-state index in [-0.39, 0.29) is 75.5 Å². The third kappa shape index (κ3) is 8.75. The number of halogens is 4. The second-order valence-electron chi connectivity index (χ2n) is 20.1. The van der Waals surface area contributed by atoms with Crippen molar-refractivity contribution in [2.45, 2.75) is 37.3 Å². The average molecular weight is 1190 g/mol. The molecule has 0 atom stereocenters. The number of esters is 4. The molecule has 4 aliphatic rings. The number of ketones is 4. The number of thiophene rings is 3. The Morgan fingerprint density at radius 1 is 0.435 bits per heavy atom. The van der Waals surface area contributed by atoms with Gasteiger partial charge in [-0.1, -0.05) is 121 Å². The van der Waals surface area contributed by atoms with Gasteiger partial charge in [0.2, 0.25) is 34.0 Å². The van der Waals surface area contributed by atoms with Crippen LogP contribution in [0.15, 0.2) is 163 Å². The van der Waals surface area contributed by atoms with Gasteiger partial charge in [-0.15, -0.1) is 34.0 Å². The van der Waals surface area contributed by atoms with Crippen molar-refractivity contribution in [1.29, 1.82) is 0 Å². The van der Waals surface area contributed by atoms with Crippen LogP contribution in [0.3, 0.4) is 0 Å². The number of benzene rings is 6. The number of carbonyl (C=O) groups is 8. The van der Waals surface area contributed by atoms with Crippen molar-refractivity contribution in [1.82, 2.24) is 0 Å².